The van der Waals surface area contributed by atoms with E-state index < -0.39 is 22.7 Å². The average Bonchev–Trinajstić information content (AvgIpc) is 3.69. The number of primary sulfonamides is 1. The minimum absolute atomic E-state index is 0.0819. The highest BCUT2D eigenvalue weighted by Crippen LogP contribution is 2.36. The molecule has 4 N–H and O–H groups in total. The molecule has 3 heterocycles. The lowest BCUT2D eigenvalue weighted by atomic mass is 9.90. The van der Waals surface area contributed by atoms with Crippen molar-refractivity contribution in [2.45, 2.75) is 55.4 Å². The highest BCUT2D eigenvalue weighted by Gasteiger charge is 2.40. The fraction of sp³-hybridized carbons (Fsp3) is 0.500. The first kappa shape index (κ1) is 31.5. The van der Waals surface area contributed by atoms with Crippen molar-refractivity contribution in [2.24, 2.45) is 17.0 Å². The summed E-state index contributed by atoms with van der Waals surface area (Å²) < 4.78 is 76.4. The number of hydrogen-bond acceptors (Lipinski definition) is 7. The Kier molecular flexibility index (Phi) is 8.94. The molecule has 242 valence electrons. The van der Waals surface area contributed by atoms with Crippen molar-refractivity contribution in [2.75, 3.05) is 50.6 Å². The molecule has 3 fully saturated rings. The smallest absolute Gasteiger partial charge is 0.406 e. The average molecular weight is 646 g/mol. The van der Waals surface area contributed by atoms with E-state index in [1.54, 1.807) is 18.2 Å². The van der Waals surface area contributed by atoms with E-state index in [1.807, 2.05) is 6.07 Å². The minimum Gasteiger partial charge on any atom is -0.495 e. The quantitative estimate of drug-likeness (QED) is 0.307. The number of fused-ring (bicyclic) bond motifs is 2. The Morgan fingerprint density at radius 2 is 1.78 bits per heavy atom. The number of benzene rings is 2. The molecule has 2 aromatic carbocycles. The molecule has 1 saturated carbocycles. The Labute approximate surface area is 261 Å². The summed E-state index contributed by atoms with van der Waals surface area (Å²) in [5.41, 5.74) is 2.00. The predicted molar refractivity (Wildman–Crippen MR) is 167 cm³/mol. The number of alkyl halides is 3. The van der Waals surface area contributed by atoms with Crippen molar-refractivity contribution in [3.8, 4) is 17.6 Å². The Balaban J connectivity index is 1.16. The van der Waals surface area contributed by atoms with Crippen LogP contribution in [0.3, 0.4) is 0 Å². The summed E-state index contributed by atoms with van der Waals surface area (Å²) in [7, 11) is -2.52. The summed E-state index contributed by atoms with van der Waals surface area (Å²) in [6.07, 6.45) is -0.217. The predicted octanol–water partition coefficient (Wildman–Crippen LogP) is 4.62. The van der Waals surface area contributed by atoms with E-state index in [9.17, 15) is 21.6 Å². The minimum atomic E-state index is -4.43. The molecule has 0 spiro atoms. The van der Waals surface area contributed by atoms with E-state index in [-0.39, 0.29) is 28.9 Å². The zero-order valence-corrected chi connectivity index (χ0v) is 25.9. The van der Waals surface area contributed by atoms with Crippen LogP contribution in [0.2, 0.25) is 0 Å². The van der Waals surface area contributed by atoms with E-state index in [1.165, 1.54) is 29.9 Å². The van der Waals surface area contributed by atoms with Gasteiger partial charge in [0.1, 0.15) is 12.3 Å². The summed E-state index contributed by atoms with van der Waals surface area (Å²) in [6, 6.07) is 12.1. The highest BCUT2D eigenvalue weighted by atomic mass is 32.2. The molecule has 2 unspecified atom stereocenters. The molecule has 45 heavy (non-hydrogen) atoms. The summed E-state index contributed by atoms with van der Waals surface area (Å²) in [5.74, 6) is 7.38. The number of likely N-dealkylation sites (tertiary alicyclic amines) is 1. The Bertz CT molecular complexity index is 1700. The van der Waals surface area contributed by atoms with Crippen LogP contribution in [0.15, 0.2) is 47.4 Å². The monoisotopic (exact) mass is 645 g/mol. The summed E-state index contributed by atoms with van der Waals surface area (Å²) in [4.78, 5) is 2.54. The molecule has 13 heteroatoms. The molecule has 1 aliphatic carbocycles. The molecule has 3 aliphatic rings. The maximum atomic E-state index is 13.7. The number of nitrogens with zero attached hydrogens (tertiary/aromatic N) is 2. The largest absolute Gasteiger partial charge is 0.495 e. The molecule has 6 rings (SSSR count). The van der Waals surface area contributed by atoms with Crippen molar-refractivity contribution >= 4 is 32.3 Å². The zero-order chi connectivity index (χ0) is 31.8. The number of sulfonamides is 1. The van der Waals surface area contributed by atoms with Gasteiger partial charge in [-0.05, 0) is 61.9 Å². The number of ether oxygens (including phenoxy) is 2. The van der Waals surface area contributed by atoms with E-state index in [0.29, 0.717) is 34.5 Å². The van der Waals surface area contributed by atoms with Crippen LogP contribution in [0.4, 0.5) is 24.5 Å². The third-order valence-corrected chi connectivity index (χ3v) is 10.1. The van der Waals surface area contributed by atoms with Gasteiger partial charge in [-0.2, -0.15) is 13.2 Å². The number of nitrogens with two attached hydrogens (primary N) is 1. The molecule has 9 nitrogen and oxygen atoms in total. The lowest BCUT2D eigenvalue weighted by molar-refractivity contribution is -0.140. The Morgan fingerprint density at radius 1 is 1.04 bits per heavy atom. The van der Waals surface area contributed by atoms with Crippen molar-refractivity contribution in [3.63, 3.8) is 0 Å². The first-order valence-corrected chi connectivity index (χ1v) is 16.7. The molecule has 0 bridgehead atoms. The standard InChI is InChI=1S/C32H38F3N5O4S/c1-43-31-15-26(45(36,41)42)11-12-29(31)37-13-3-4-25-14-27-28(5-2-6-30(27)40(25)20-32(33,34)35)38-23-7-9-24(10-8-23)39-16-21-18-44-19-22(21)17-39/h2,5-6,11-12,14-15,21-24,37-38H,7-10,13,16-20H2,1H3,(H2,36,41,42)/t21?,22?,23-,24+. The van der Waals surface area contributed by atoms with E-state index >= 15 is 0 Å². The van der Waals surface area contributed by atoms with Gasteiger partial charge in [-0.3, -0.25) is 4.90 Å². The highest BCUT2D eigenvalue weighted by molar-refractivity contribution is 7.89. The molecule has 3 aromatic rings. The third kappa shape index (κ3) is 7.19. The normalized spacial score (nSPS) is 23.8. The fourth-order valence-corrected chi connectivity index (χ4v) is 7.49. The Hall–Kier alpha value is -3.44. The van der Waals surface area contributed by atoms with Crippen LogP contribution >= 0.6 is 0 Å². The van der Waals surface area contributed by atoms with Gasteiger partial charge >= 0.3 is 6.18 Å². The van der Waals surface area contributed by atoms with E-state index in [4.69, 9.17) is 14.6 Å². The zero-order valence-electron chi connectivity index (χ0n) is 25.1. The van der Waals surface area contributed by atoms with Gasteiger partial charge < -0.3 is 24.7 Å². The molecule has 1 aromatic heterocycles. The molecule has 2 saturated heterocycles. The van der Waals surface area contributed by atoms with Crippen molar-refractivity contribution < 1.29 is 31.1 Å². The Morgan fingerprint density at radius 3 is 2.44 bits per heavy atom. The molecule has 0 radical (unpaired) electrons. The topological polar surface area (TPSA) is 111 Å². The van der Waals surface area contributed by atoms with E-state index in [2.05, 4.69) is 27.4 Å². The summed E-state index contributed by atoms with van der Waals surface area (Å²) in [6.45, 7) is 2.93. The van der Waals surface area contributed by atoms with Crippen LogP contribution in [0.1, 0.15) is 31.4 Å². The number of hydrogen-bond donors (Lipinski definition) is 3. The molecule has 0 amide bonds. The second-order valence-corrected chi connectivity index (χ2v) is 13.8. The molecular formula is C32H38F3N5O4S. The van der Waals surface area contributed by atoms with Crippen LogP contribution in [0.25, 0.3) is 10.9 Å². The SMILES string of the molecule is COc1cc(S(N)(=O)=O)ccc1NCC#Cc1cc2c(N[C@H]3CC[C@@H](N4CC5COCC5C4)CC3)cccc2n1CC(F)(F)F. The van der Waals surface area contributed by atoms with Gasteiger partial charge in [-0.25, -0.2) is 13.6 Å². The van der Waals surface area contributed by atoms with E-state index in [0.717, 1.165) is 57.7 Å². The van der Waals surface area contributed by atoms with Crippen LogP contribution in [-0.2, 0) is 21.3 Å². The van der Waals surface area contributed by atoms with Gasteiger partial charge in [0.05, 0.1) is 48.7 Å². The number of aromatic nitrogens is 1. The first-order valence-electron chi connectivity index (χ1n) is 15.2. The maximum absolute atomic E-state index is 13.7. The number of methoxy groups -OCH3 is 1. The van der Waals surface area contributed by atoms with Crippen LogP contribution in [0, 0.1) is 23.7 Å². The van der Waals surface area contributed by atoms with Gasteiger partial charge in [-0.15, -0.1) is 0 Å². The number of anilines is 2. The lowest BCUT2D eigenvalue weighted by Gasteiger charge is -2.35. The van der Waals surface area contributed by atoms with Crippen molar-refractivity contribution in [1.29, 1.82) is 0 Å². The summed E-state index contributed by atoms with van der Waals surface area (Å²) in [5, 5.41) is 12.6. The van der Waals surface area contributed by atoms with Crippen LogP contribution in [-0.4, -0.2) is 76.1 Å². The molecule has 2 atom stereocenters. The fourth-order valence-electron chi connectivity index (χ4n) is 6.96. The second kappa shape index (κ2) is 12.7. The van der Waals surface area contributed by atoms with Crippen LogP contribution in [0.5, 0.6) is 5.75 Å². The molecule has 2 aliphatic heterocycles. The number of halogens is 3. The maximum Gasteiger partial charge on any atom is 0.406 e. The summed E-state index contributed by atoms with van der Waals surface area (Å²) >= 11 is 0. The van der Waals surface area contributed by atoms with Gasteiger partial charge in [0.15, 0.2) is 0 Å². The molecular weight excluding hydrogens is 607 g/mol. The van der Waals surface area contributed by atoms with Crippen LogP contribution < -0.4 is 20.5 Å². The van der Waals surface area contributed by atoms with Crippen molar-refractivity contribution in [3.05, 3.63) is 48.2 Å². The van der Waals surface area contributed by atoms with Gasteiger partial charge in [0, 0.05) is 54.1 Å². The lowest BCUT2D eigenvalue weighted by Crippen LogP contribution is -2.40. The van der Waals surface area contributed by atoms with Gasteiger partial charge in [-0.1, -0.05) is 12.0 Å². The first-order chi connectivity index (χ1) is 21.5. The van der Waals surface area contributed by atoms with Gasteiger partial charge in [0.25, 0.3) is 0 Å². The third-order valence-electron chi connectivity index (χ3n) is 9.21. The van der Waals surface area contributed by atoms with Crippen molar-refractivity contribution in [1.82, 2.24) is 9.47 Å². The number of nitrogens with one attached hydrogen (secondary N) is 2. The number of rotatable bonds is 8. The second-order valence-electron chi connectivity index (χ2n) is 12.2. The van der Waals surface area contributed by atoms with Gasteiger partial charge in [0.2, 0.25) is 10.0 Å².